The molecule has 0 saturated carbocycles. The molecular weight excluding hydrogens is 330 g/mol. The van der Waals surface area contributed by atoms with Gasteiger partial charge in [-0.15, -0.1) is 11.3 Å². The van der Waals surface area contributed by atoms with E-state index in [0.717, 1.165) is 41.1 Å². The number of benzene rings is 2. The molecule has 1 heterocycles. The third-order valence-corrected chi connectivity index (χ3v) is 5.03. The van der Waals surface area contributed by atoms with Crippen molar-refractivity contribution in [2.45, 2.75) is 12.8 Å². The summed E-state index contributed by atoms with van der Waals surface area (Å²) in [4.78, 5) is 17.7. The summed E-state index contributed by atoms with van der Waals surface area (Å²) < 4.78 is 27.4. The molecule has 1 aromatic heterocycles. The van der Waals surface area contributed by atoms with E-state index in [9.17, 15) is 13.6 Å². The SMILES string of the molecule is O=C(Nc1nc2c(s1)CCc1ccccc1-2)c1c(F)cccc1F. The predicted octanol–water partition coefficient (Wildman–Crippen LogP) is 4.44. The number of nitrogens with zero attached hydrogens (tertiary/aromatic N) is 1. The molecule has 0 atom stereocenters. The van der Waals surface area contributed by atoms with Gasteiger partial charge >= 0.3 is 0 Å². The normalized spacial score (nSPS) is 12.4. The maximum absolute atomic E-state index is 13.7. The summed E-state index contributed by atoms with van der Waals surface area (Å²) in [5.41, 5.74) is 2.51. The van der Waals surface area contributed by atoms with Crippen LogP contribution in [0.2, 0.25) is 0 Å². The molecule has 0 unspecified atom stereocenters. The largest absolute Gasteiger partial charge is 0.298 e. The summed E-state index contributed by atoms with van der Waals surface area (Å²) in [5, 5.41) is 2.87. The predicted molar refractivity (Wildman–Crippen MR) is 89.3 cm³/mol. The van der Waals surface area contributed by atoms with Gasteiger partial charge in [-0.3, -0.25) is 10.1 Å². The van der Waals surface area contributed by atoms with E-state index < -0.39 is 23.1 Å². The van der Waals surface area contributed by atoms with Gasteiger partial charge in [-0.05, 0) is 30.5 Å². The van der Waals surface area contributed by atoms with E-state index in [-0.39, 0.29) is 0 Å². The molecule has 120 valence electrons. The van der Waals surface area contributed by atoms with Crippen LogP contribution in [0.3, 0.4) is 0 Å². The van der Waals surface area contributed by atoms with E-state index in [2.05, 4.69) is 16.4 Å². The minimum atomic E-state index is -0.890. The van der Waals surface area contributed by atoms with Crippen LogP contribution in [0.15, 0.2) is 42.5 Å². The Morgan fingerprint density at radius 2 is 1.79 bits per heavy atom. The molecule has 3 nitrogen and oxygen atoms in total. The van der Waals surface area contributed by atoms with Gasteiger partial charge in [0.25, 0.3) is 5.91 Å². The second-order valence-corrected chi connectivity index (χ2v) is 6.58. The number of aryl methyl sites for hydroxylation is 2. The number of hydrogen-bond acceptors (Lipinski definition) is 3. The van der Waals surface area contributed by atoms with Crippen molar-refractivity contribution in [3.05, 3.63) is 70.1 Å². The second-order valence-electron chi connectivity index (χ2n) is 5.50. The van der Waals surface area contributed by atoms with Crippen molar-refractivity contribution in [1.82, 2.24) is 4.98 Å². The minimum Gasteiger partial charge on any atom is -0.298 e. The first-order valence-corrected chi connectivity index (χ1v) is 8.28. The van der Waals surface area contributed by atoms with Gasteiger partial charge in [-0.25, -0.2) is 13.8 Å². The third kappa shape index (κ3) is 2.49. The minimum absolute atomic E-state index is 0.351. The van der Waals surface area contributed by atoms with Crippen molar-refractivity contribution in [3.8, 4) is 11.3 Å². The fraction of sp³-hybridized carbons (Fsp3) is 0.111. The molecule has 3 aromatic rings. The number of rotatable bonds is 2. The molecule has 4 rings (SSSR count). The standard InChI is InChI=1S/C18H12F2N2OS/c19-12-6-3-7-13(20)15(12)17(23)22-18-21-16-11-5-2-1-4-10(11)8-9-14(16)24-18/h1-7H,8-9H2,(H,21,22,23). The van der Waals surface area contributed by atoms with Crippen molar-refractivity contribution < 1.29 is 13.6 Å². The number of carbonyl (C=O) groups is 1. The van der Waals surface area contributed by atoms with Crippen LogP contribution < -0.4 is 5.32 Å². The Balaban J connectivity index is 1.66. The second kappa shape index (κ2) is 5.79. The Morgan fingerprint density at radius 3 is 2.58 bits per heavy atom. The zero-order valence-corrected chi connectivity index (χ0v) is 13.3. The van der Waals surface area contributed by atoms with Gasteiger partial charge < -0.3 is 0 Å². The molecule has 0 saturated heterocycles. The fourth-order valence-corrected chi connectivity index (χ4v) is 3.85. The van der Waals surface area contributed by atoms with Gasteiger partial charge in [0.2, 0.25) is 0 Å². The molecule has 6 heteroatoms. The summed E-state index contributed by atoms with van der Waals surface area (Å²) in [6, 6.07) is 11.3. The van der Waals surface area contributed by atoms with E-state index in [0.29, 0.717) is 5.13 Å². The highest BCUT2D eigenvalue weighted by Crippen LogP contribution is 2.38. The van der Waals surface area contributed by atoms with Crippen LogP contribution in [0, 0.1) is 11.6 Å². The van der Waals surface area contributed by atoms with E-state index in [1.54, 1.807) is 0 Å². The summed E-state index contributed by atoms with van der Waals surface area (Å²) >= 11 is 1.35. The average molecular weight is 342 g/mol. The lowest BCUT2D eigenvalue weighted by atomic mass is 9.94. The zero-order chi connectivity index (χ0) is 16.7. The molecule has 1 amide bonds. The maximum atomic E-state index is 13.7. The smallest absolute Gasteiger partial charge is 0.263 e. The molecular formula is C18H12F2N2OS. The molecule has 1 N–H and O–H groups in total. The van der Waals surface area contributed by atoms with Gasteiger partial charge in [-0.1, -0.05) is 30.3 Å². The van der Waals surface area contributed by atoms with Crippen molar-refractivity contribution >= 4 is 22.4 Å². The maximum Gasteiger partial charge on any atom is 0.263 e. The summed E-state index contributed by atoms with van der Waals surface area (Å²) in [7, 11) is 0. The Bertz CT molecular complexity index is 932. The lowest BCUT2D eigenvalue weighted by Crippen LogP contribution is -2.15. The van der Waals surface area contributed by atoms with Crippen LogP contribution in [0.4, 0.5) is 13.9 Å². The number of amides is 1. The quantitative estimate of drug-likeness (QED) is 0.748. The van der Waals surface area contributed by atoms with Gasteiger partial charge in [-0.2, -0.15) is 0 Å². The molecule has 1 aliphatic carbocycles. The number of carbonyl (C=O) groups excluding carboxylic acids is 1. The molecule has 2 aromatic carbocycles. The third-order valence-electron chi connectivity index (χ3n) is 4.00. The van der Waals surface area contributed by atoms with Crippen LogP contribution in [-0.2, 0) is 12.8 Å². The van der Waals surface area contributed by atoms with Crippen molar-refractivity contribution in [1.29, 1.82) is 0 Å². The fourth-order valence-electron chi connectivity index (χ4n) is 2.88. The van der Waals surface area contributed by atoms with E-state index in [4.69, 9.17) is 0 Å². The number of anilines is 1. The molecule has 24 heavy (non-hydrogen) atoms. The Hall–Kier alpha value is -2.60. The Morgan fingerprint density at radius 1 is 1.04 bits per heavy atom. The molecule has 1 aliphatic rings. The van der Waals surface area contributed by atoms with Crippen LogP contribution in [0.1, 0.15) is 20.8 Å². The van der Waals surface area contributed by atoms with Crippen molar-refractivity contribution in [3.63, 3.8) is 0 Å². The number of aromatic nitrogens is 1. The monoisotopic (exact) mass is 342 g/mol. The number of fused-ring (bicyclic) bond motifs is 3. The molecule has 0 fully saturated rings. The lowest BCUT2D eigenvalue weighted by molar-refractivity contribution is 0.101. The van der Waals surface area contributed by atoms with Gasteiger partial charge in [0, 0.05) is 10.4 Å². The van der Waals surface area contributed by atoms with E-state index in [1.807, 2.05) is 18.2 Å². The number of hydrogen-bond donors (Lipinski definition) is 1. The van der Waals surface area contributed by atoms with Crippen LogP contribution in [-0.4, -0.2) is 10.9 Å². The molecule has 0 radical (unpaired) electrons. The first kappa shape index (κ1) is 15.0. The van der Waals surface area contributed by atoms with Gasteiger partial charge in [0.1, 0.15) is 17.2 Å². The van der Waals surface area contributed by atoms with E-state index in [1.165, 1.54) is 23.0 Å². The van der Waals surface area contributed by atoms with Crippen molar-refractivity contribution in [2.24, 2.45) is 0 Å². The van der Waals surface area contributed by atoms with Crippen LogP contribution in [0.25, 0.3) is 11.3 Å². The lowest BCUT2D eigenvalue weighted by Gasteiger charge is -2.13. The first-order valence-electron chi connectivity index (χ1n) is 7.47. The number of nitrogens with one attached hydrogen (secondary N) is 1. The van der Waals surface area contributed by atoms with Crippen molar-refractivity contribution in [2.75, 3.05) is 5.32 Å². The number of thiazole rings is 1. The average Bonchev–Trinajstić information content (AvgIpc) is 2.97. The zero-order valence-electron chi connectivity index (χ0n) is 12.5. The highest BCUT2D eigenvalue weighted by molar-refractivity contribution is 7.16. The van der Waals surface area contributed by atoms with Crippen LogP contribution in [0.5, 0.6) is 0 Å². The van der Waals surface area contributed by atoms with E-state index >= 15 is 0 Å². The van der Waals surface area contributed by atoms with Crippen LogP contribution >= 0.6 is 11.3 Å². The van der Waals surface area contributed by atoms with Gasteiger partial charge in [0.15, 0.2) is 5.13 Å². The topological polar surface area (TPSA) is 42.0 Å². The summed E-state index contributed by atoms with van der Waals surface area (Å²) in [5.74, 6) is -2.61. The number of halogens is 2. The highest BCUT2D eigenvalue weighted by Gasteiger charge is 2.23. The summed E-state index contributed by atoms with van der Waals surface area (Å²) in [6.07, 6.45) is 1.76. The molecule has 0 spiro atoms. The van der Waals surface area contributed by atoms with Gasteiger partial charge in [0.05, 0.1) is 5.69 Å². The molecule has 0 bridgehead atoms. The first-order chi connectivity index (χ1) is 11.6. The highest BCUT2D eigenvalue weighted by atomic mass is 32.1. The summed E-state index contributed by atoms with van der Waals surface area (Å²) in [6.45, 7) is 0. The molecule has 0 aliphatic heterocycles. The Labute approximate surface area is 141 Å². The Kier molecular flexibility index (Phi) is 3.61.